The van der Waals surface area contributed by atoms with Gasteiger partial charge >= 0.3 is 6.03 Å². The van der Waals surface area contributed by atoms with E-state index in [9.17, 15) is 9.59 Å². The number of ketones is 1. The highest BCUT2D eigenvalue weighted by Crippen LogP contribution is 2.40. The number of benzene rings is 2. The Morgan fingerprint density at radius 3 is 2.32 bits per heavy atom. The van der Waals surface area contributed by atoms with Crippen molar-refractivity contribution in [1.82, 2.24) is 15.1 Å². The van der Waals surface area contributed by atoms with Crippen molar-refractivity contribution in [1.29, 1.82) is 0 Å². The summed E-state index contributed by atoms with van der Waals surface area (Å²) in [4.78, 5) is 27.3. The van der Waals surface area contributed by atoms with Gasteiger partial charge in [0, 0.05) is 28.5 Å². The highest BCUT2D eigenvalue weighted by Gasteiger charge is 2.38. The van der Waals surface area contributed by atoms with Crippen molar-refractivity contribution in [3.05, 3.63) is 71.4 Å². The van der Waals surface area contributed by atoms with Crippen LogP contribution in [0, 0.1) is 18.3 Å². The molecule has 2 amide bonds. The minimum Gasteiger partial charge on any atom is -0.317 e. The Balaban J connectivity index is 1.59. The Morgan fingerprint density at radius 2 is 1.68 bits per heavy atom. The zero-order valence-electron chi connectivity index (χ0n) is 25.8. The number of nitrogens with one attached hydrogen (secondary N) is 3. The molecule has 1 aromatic heterocycles. The number of nitrogens with zero attached hydrogens (tertiary/aromatic N) is 2. The summed E-state index contributed by atoms with van der Waals surface area (Å²) < 4.78 is 1.78. The normalized spacial score (nSPS) is 15.4. The second-order valence-corrected chi connectivity index (χ2v) is 13.2. The predicted octanol–water partition coefficient (Wildman–Crippen LogP) is 7.60. The number of rotatable bonds is 9. The molecular weight excluding hydrogens is 510 g/mol. The molecule has 7 nitrogen and oxygen atoms in total. The number of Topliss-reactive ketones (excluding diaryl/α,β-unsaturated/α-hetero) is 1. The summed E-state index contributed by atoms with van der Waals surface area (Å²) in [6, 6.07) is 17.5. The van der Waals surface area contributed by atoms with Crippen LogP contribution < -0.4 is 16.0 Å². The van der Waals surface area contributed by atoms with Gasteiger partial charge in [0.05, 0.1) is 11.4 Å². The van der Waals surface area contributed by atoms with Crippen LogP contribution in [0.3, 0.4) is 0 Å². The second kappa shape index (κ2) is 12.6. The van der Waals surface area contributed by atoms with E-state index in [1.165, 1.54) is 0 Å². The van der Waals surface area contributed by atoms with E-state index in [1.54, 1.807) is 4.68 Å². The van der Waals surface area contributed by atoms with Gasteiger partial charge in [0.25, 0.3) is 0 Å². The van der Waals surface area contributed by atoms with Crippen molar-refractivity contribution in [2.75, 3.05) is 23.7 Å². The monoisotopic (exact) mass is 557 g/mol. The number of piperidine rings is 1. The van der Waals surface area contributed by atoms with E-state index >= 15 is 0 Å². The van der Waals surface area contributed by atoms with E-state index in [4.69, 9.17) is 5.10 Å². The van der Waals surface area contributed by atoms with Crippen molar-refractivity contribution in [3.63, 3.8) is 0 Å². The molecule has 0 saturated carbocycles. The maximum atomic E-state index is 14.0. The molecule has 1 saturated heterocycles. The predicted molar refractivity (Wildman–Crippen MR) is 168 cm³/mol. The van der Waals surface area contributed by atoms with Crippen molar-refractivity contribution in [2.45, 2.75) is 85.5 Å². The lowest BCUT2D eigenvalue weighted by molar-refractivity contribution is -0.130. The molecule has 2 aromatic carbocycles. The molecule has 1 aliphatic rings. The number of urea groups is 1. The largest absolute Gasteiger partial charge is 0.324 e. The summed E-state index contributed by atoms with van der Waals surface area (Å²) in [5, 5.41) is 14.3. The van der Waals surface area contributed by atoms with Crippen molar-refractivity contribution < 1.29 is 9.59 Å². The van der Waals surface area contributed by atoms with Gasteiger partial charge in [-0.3, -0.25) is 10.1 Å². The van der Waals surface area contributed by atoms with E-state index in [1.807, 2.05) is 61.5 Å². The third kappa shape index (κ3) is 7.45. The van der Waals surface area contributed by atoms with Gasteiger partial charge < -0.3 is 10.6 Å². The molecule has 1 atom stereocenters. The molecule has 0 aliphatic carbocycles. The van der Waals surface area contributed by atoms with Crippen LogP contribution in [0.15, 0.2) is 54.6 Å². The van der Waals surface area contributed by atoms with Crippen LogP contribution in [0.25, 0.3) is 5.69 Å². The molecule has 3 aromatic rings. The molecule has 1 fully saturated rings. The fourth-order valence-electron chi connectivity index (χ4n) is 5.79. The molecule has 0 radical (unpaired) electrons. The molecule has 3 N–H and O–H groups in total. The summed E-state index contributed by atoms with van der Waals surface area (Å²) >= 11 is 0. The number of aromatic nitrogens is 2. The first-order valence-corrected chi connectivity index (χ1v) is 15.0. The van der Waals surface area contributed by atoms with E-state index in [0.717, 1.165) is 61.3 Å². The molecule has 1 aliphatic heterocycles. The Labute approximate surface area is 245 Å². The summed E-state index contributed by atoms with van der Waals surface area (Å²) in [6.45, 7) is 16.5. The lowest BCUT2D eigenvalue weighted by Crippen LogP contribution is -2.38. The van der Waals surface area contributed by atoms with Gasteiger partial charge in [0.15, 0.2) is 0 Å². The SMILES string of the molecule is CCCC(C)(C)C(=O)C(c1cccc(NC(=O)Nc2cc(C(C)(C)C)nn2-c2ccc(C)cc2)c1)C1CCNCC1. The van der Waals surface area contributed by atoms with E-state index in [-0.39, 0.29) is 23.3 Å². The van der Waals surface area contributed by atoms with E-state index < -0.39 is 5.41 Å². The average Bonchev–Trinajstić information content (AvgIpc) is 3.34. The van der Waals surface area contributed by atoms with Gasteiger partial charge in [-0.25, -0.2) is 9.48 Å². The van der Waals surface area contributed by atoms with Crippen LogP contribution in [0.5, 0.6) is 0 Å². The van der Waals surface area contributed by atoms with Gasteiger partial charge in [0.2, 0.25) is 0 Å². The molecule has 41 heavy (non-hydrogen) atoms. The van der Waals surface area contributed by atoms with Crippen LogP contribution in [0.1, 0.15) is 90.0 Å². The summed E-state index contributed by atoms with van der Waals surface area (Å²) in [7, 11) is 0. The number of anilines is 2. The van der Waals surface area contributed by atoms with Gasteiger partial charge in [0.1, 0.15) is 11.6 Å². The maximum Gasteiger partial charge on any atom is 0.324 e. The standard InChI is InChI=1S/C34H47N5O2/c1-8-18-34(6,7)31(40)30(24-16-19-35-20-17-24)25-10-9-11-26(21-25)36-32(41)37-29-22-28(33(3,4)5)38-39(29)27-14-12-23(2)13-15-27/h9-15,21-22,24,30,35H,8,16-20H2,1-7H3,(H2,36,37,41). The lowest BCUT2D eigenvalue weighted by atomic mass is 9.69. The van der Waals surface area contributed by atoms with Crippen LogP contribution in [0.2, 0.25) is 0 Å². The number of carbonyl (C=O) groups excluding carboxylic acids is 2. The van der Waals surface area contributed by atoms with E-state index in [0.29, 0.717) is 17.3 Å². The van der Waals surface area contributed by atoms with Crippen LogP contribution in [0.4, 0.5) is 16.3 Å². The third-order valence-electron chi connectivity index (χ3n) is 8.18. The number of carbonyl (C=O) groups is 2. The number of amides is 2. The maximum absolute atomic E-state index is 14.0. The van der Waals surface area contributed by atoms with Gasteiger partial charge in [-0.2, -0.15) is 5.10 Å². The first-order valence-electron chi connectivity index (χ1n) is 15.0. The first-order chi connectivity index (χ1) is 19.4. The fourth-order valence-corrected chi connectivity index (χ4v) is 5.79. The van der Waals surface area contributed by atoms with Gasteiger partial charge in [-0.1, -0.05) is 77.8 Å². The molecule has 7 heteroatoms. The topological polar surface area (TPSA) is 88.1 Å². The Hall–Kier alpha value is -3.45. The van der Waals surface area contributed by atoms with Crippen LogP contribution in [-0.4, -0.2) is 34.7 Å². The third-order valence-corrected chi connectivity index (χ3v) is 8.18. The quantitative estimate of drug-likeness (QED) is 0.253. The van der Waals surface area contributed by atoms with E-state index in [2.05, 4.69) is 57.5 Å². The number of hydrogen-bond donors (Lipinski definition) is 3. The van der Waals surface area contributed by atoms with Crippen molar-refractivity contribution in [2.24, 2.45) is 11.3 Å². The summed E-state index contributed by atoms with van der Waals surface area (Å²) in [5.41, 5.74) is 3.97. The molecular formula is C34H47N5O2. The summed E-state index contributed by atoms with van der Waals surface area (Å²) in [5.74, 6) is 0.977. The Kier molecular flexibility index (Phi) is 9.37. The number of hydrogen-bond acceptors (Lipinski definition) is 4. The average molecular weight is 558 g/mol. The van der Waals surface area contributed by atoms with Gasteiger partial charge in [-0.05, 0) is 75.0 Å². The number of aryl methyl sites for hydroxylation is 1. The molecule has 4 rings (SSSR count). The van der Waals surface area contributed by atoms with Crippen molar-refractivity contribution >= 4 is 23.3 Å². The molecule has 1 unspecified atom stereocenters. The van der Waals surface area contributed by atoms with Crippen LogP contribution in [-0.2, 0) is 10.2 Å². The minimum atomic E-state index is -0.399. The molecule has 220 valence electrons. The highest BCUT2D eigenvalue weighted by molar-refractivity contribution is 5.99. The smallest absolute Gasteiger partial charge is 0.317 e. The summed E-state index contributed by atoms with van der Waals surface area (Å²) in [6.07, 6.45) is 3.76. The van der Waals surface area contributed by atoms with Crippen molar-refractivity contribution in [3.8, 4) is 5.69 Å². The fraction of sp³-hybridized carbons (Fsp3) is 0.500. The zero-order valence-corrected chi connectivity index (χ0v) is 25.8. The first kappa shape index (κ1) is 30.5. The minimum absolute atomic E-state index is 0.182. The Morgan fingerprint density at radius 1 is 1.00 bits per heavy atom. The second-order valence-electron chi connectivity index (χ2n) is 13.2. The zero-order chi connectivity index (χ0) is 29.8. The van der Waals surface area contributed by atoms with Gasteiger partial charge in [-0.15, -0.1) is 0 Å². The molecule has 0 spiro atoms. The highest BCUT2D eigenvalue weighted by atomic mass is 16.2. The lowest BCUT2D eigenvalue weighted by Gasteiger charge is -2.35. The Bertz CT molecular complexity index is 1340. The van der Waals surface area contributed by atoms with Crippen LogP contribution >= 0.6 is 0 Å². The molecule has 2 heterocycles. The molecule has 0 bridgehead atoms.